The molecule has 1 atom stereocenters. The highest BCUT2D eigenvalue weighted by Crippen LogP contribution is 2.26. The van der Waals surface area contributed by atoms with E-state index in [1.807, 2.05) is 6.07 Å². The van der Waals surface area contributed by atoms with Crippen LogP contribution in [-0.4, -0.2) is 24.0 Å². The Morgan fingerprint density at radius 1 is 1.22 bits per heavy atom. The molecule has 0 spiro atoms. The quantitative estimate of drug-likeness (QED) is 0.767. The van der Waals surface area contributed by atoms with Crippen LogP contribution in [0.15, 0.2) is 18.2 Å². The maximum absolute atomic E-state index is 13.7. The van der Waals surface area contributed by atoms with Gasteiger partial charge in [-0.2, -0.15) is 0 Å². The summed E-state index contributed by atoms with van der Waals surface area (Å²) in [4.78, 5) is 2.59. The summed E-state index contributed by atoms with van der Waals surface area (Å²) in [5, 5.41) is 0. The summed E-state index contributed by atoms with van der Waals surface area (Å²) < 4.78 is 13.7. The van der Waals surface area contributed by atoms with Gasteiger partial charge in [-0.3, -0.25) is 0 Å². The Labute approximate surface area is 110 Å². The van der Waals surface area contributed by atoms with Gasteiger partial charge in [0.1, 0.15) is 5.82 Å². The van der Waals surface area contributed by atoms with E-state index >= 15 is 0 Å². The number of fused-ring (bicyclic) bond motifs is 1. The Morgan fingerprint density at radius 3 is 2.61 bits per heavy atom. The Hall–Kier alpha value is -0.890. The Kier molecular flexibility index (Phi) is 4.76. The van der Waals surface area contributed by atoms with Crippen LogP contribution >= 0.6 is 0 Å². The molecule has 1 aliphatic rings. The van der Waals surface area contributed by atoms with Gasteiger partial charge in [0.25, 0.3) is 0 Å². The first-order chi connectivity index (χ1) is 8.76. The molecular formula is C16H24FN. The van der Waals surface area contributed by atoms with Crippen molar-refractivity contribution in [3.8, 4) is 0 Å². The molecule has 0 fully saturated rings. The third-order valence-electron chi connectivity index (χ3n) is 3.94. The lowest BCUT2D eigenvalue weighted by atomic mass is 9.87. The smallest absolute Gasteiger partial charge is 0.126 e. The zero-order valence-electron chi connectivity index (χ0n) is 11.6. The molecule has 0 aromatic heterocycles. The number of nitrogens with zero attached hydrogens (tertiary/aromatic N) is 1. The molecule has 0 aliphatic heterocycles. The van der Waals surface area contributed by atoms with Crippen molar-refractivity contribution >= 4 is 0 Å². The SMILES string of the molecule is CCCN(CCC)[C@@H]1CCc2c(F)cccc2C1. The molecule has 0 saturated carbocycles. The second-order valence-electron chi connectivity index (χ2n) is 5.31. The first-order valence-corrected chi connectivity index (χ1v) is 7.26. The van der Waals surface area contributed by atoms with E-state index < -0.39 is 0 Å². The number of hydrogen-bond donors (Lipinski definition) is 0. The van der Waals surface area contributed by atoms with Crippen molar-refractivity contribution in [2.45, 2.75) is 52.0 Å². The number of benzene rings is 1. The lowest BCUT2D eigenvalue weighted by molar-refractivity contribution is 0.179. The third kappa shape index (κ3) is 2.92. The van der Waals surface area contributed by atoms with Crippen LogP contribution in [0.2, 0.25) is 0 Å². The highest BCUT2D eigenvalue weighted by molar-refractivity contribution is 5.31. The van der Waals surface area contributed by atoms with Crippen LogP contribution in [0, 0.1) is 5.82 Å². The van der Waals surface area contributed by atoms with Crippen molar-refractivity contribution in [2.24, 2.45) is 0 Å². The molecule has 0 bridgehead atoms. The van der Waals surface area contributed by atoms with Crippen LogP contribution in [0.5, 0.6) is 0 Å². The Balaban J connectivity index is 2.10. The predicted octanol–water partition coefficient (Wildman–Crippen LogP) is 3.81. The van der Waals surface area contributed by atoms with Crippen molar-refractivity contribution in [2.75, 3.05) is 13.1 Å². The normalized spacial score (nSPS) is 19.0. The molecule has 1 aromatic rings. The van der Waals surface area contributed by atoms with Crippen molar-refractivity contribution in [3.05, 3.63) is 35.1 Å². The molecule has 0 saturated heterocycles. The van der Waals surface area contributed by atoms with E-state index in [9.17, 15) is 4.39 Å². The molecule has 0 N–H and O–H groups in total. The third-order valence-corrected chi connectivity index (χ3v) is 3.94. The number of halogens is 1. The van der Waals surface area contributed by atoms with E-state index in [1.165, 1.54) is 31.5 Å². The van der Waals surface area contributed by atoms with Crippen LogP contribution in [0.1, 0.15) is 44.2 Å². The molecule has 1 aromatic carbocycles. The minimum absolute atomic E-state index is 0.0107. The first-order valence-electron chi connectivity index (χ1n) is 7.26. The lowest BCUT2D eigenvalue weighted by Gasteiger charge is -2.35. The van der Waals surface area contributed by atoms with E-state index in [0.717, 1.165) is 24.8 Å². The molecule has 0 radical (unpaired) electrons. The monoisotopic (exact) mass is 249 g/mol. The maximum Gasteiger partial charge on any atom is 0.126 e. The van der Waals surface area contributed by atoms with E-state index in [2.05, 4.69) is 24.8 Å². The Morgan fingerprint density at radius 2 is 1.94 bits per heavy atom. The van der Waals surface area contributed by atoms with Crippen molar-refractivity contribution < 1.29 is 4.39 Å². The molecule has 0 unspecified atom stereocenters. The molecule has 18 heavy (non-hydrogen) atoms. The minimum atomic E-state index is -0.0107. The number of hydrogen-bond acceptors (Lipinski definition) is 1. The van der Waals surface area contributed by atoms with E-state index in [0.29, 0.717) is 6.04 Å². The van der Waals surface area contributed by atoms with Crippen LogP contribution in [0.25, 0.3) is 0 Å². The summed E-state index contributed by atoms with van der Waals surface area (Å²) in [7, 11) is 0. The van der Waals surface area contributed by atoms with Crippen molar-refractivity contribution in [3.63, 3.8) is 0 Å². The van der Waals surface area contributed by atoms with Gasteiger partial charge < -0.3 is 4.90 Å². The zero-order valence-corrected chi connectivity index (χ0v) is 11.6. The van der Waals surface area contributed by atoms with Crippen LogP contribution in [0.3, 0.4) is 0 Å². The highest BCUT2D eigenvalue weighted by Gasteiger charge is 2.24. The molecule has 1 aliphatic carbocycles. The molecule has 2 rings (SSSR count). The van der Waals surface area contributed by atoms with Crippen LogP contribution in [0.4, 0.5) is 4.39 Å². The van der Waals surface area contributed by atoms with Gasteiger partial charge in [-0.15, -0.1) is 0 Å². The summed E-state index contributed by atoms with van der Waals surface area (Å²) >= 11 is 0. The fourth-order valence-corrected chi connectivity index (χ4v) is 3.10. The van der Waals surface area contributed by atoms with Crippen molar-refractivity contribution in [1.29, 1.82) is 0 Å². The van der Waals surface area contributed by atoms with Gasteiger partial charge in [-0.25, -0.2) is 4.39 Å². The van der Waals surface area contributed by atoms with E-state index in [-0.39, 0.29) is 5.82 Å². The van der Waals surface area contributed by atoms with Crippen LogP contribution in [-0.2, 0) is 12.8 Å². The van der Waals surface area contributed by atoms with E-state index in [4.69, 9.17) is 0 Å². The standard InChI is InChI=1S/C16H24FN/c1-3-10-18(11-4-2)14-8-9-15-13(12-14)6-5-7-16(15)17/h5-7,14H,3-4,8-12H2,1-2H3/t14-/m1/s1. The molecular weight excluding hydrogens is 225 g/mol. The van der Waals surface area contributed by atoms with Gasteiger partial charge in [-0.1, -0.05) is 26.0 Å². The summed E-state index contributed by atoms with van der Waals surface area (Å²) in [6.45, 7) is 6.81. The molecule has 0 amide bonds. The van der Waals surface area contributed by atoms with Gasteiger partial charge in [0.05, 0.1) is 0 Å². The van der Waals surface area contributed by atoms with Gasteiger partial charge >= 0.3 is 0 Å². The zero-order chi connectivity index (χ0) is 13.0. The van der Waals surface area contributed by atoms with Crippen LogP contribution < -0.4 is 0 Å². The second kappa shape index (κ2) is 6.33. The predicted molar refractivity (Wildman–Crippen MR) is 74.4 cm³/mol. The fraction of sp³-hybridized carbons (Fsp3) is 0.625. The second-order valence-corrected chi connectivity index (χ2v) is 5.31. The largest absolute Gasteiger partial charge is 0.300 e. The minimum Gasteiger partial charge on any atom is -0.300 e. The summed E-state index contributed by atoms with van der Waals surface area (Å²) in [5.74, 6) is -0.0107. The summed E-state index contributed by atoms with van der Waals surface area (Å²) in [5.41, 5.74) is 2.19. The molecule has 0 heterocycles. The average Bonchev–Trinajstić information content (AvgIpc) is 2.38. The first kappa shape index (κ1) is 13.5. The fourth-order valence-electron chi connectivity index (χ4n) is 3.10. The molecule has 1 nitrogen and oxygen atoms in total. The summed E-state index contributed by atoms with van der Waals surface area (Å²) in [6, 6.07) is 6.15. The lowest BCUT2D eigenvalue weighted by Crippen LogP contribution is -2.40. The number of rotatable bonds is 5. The van der Waals surface area contributed by atoms with Crippen molar-refractivity contribution in [1.82, 2.24) is 4.90 Å². The van der Waals surface area contributed by atoms with E-state index in [1.54, 1.807) is 6.07 Å². The molecule has 100 valence electrons. The highest BCUT2D eigenvalue weighted by atomic mass is 19.1. The van der Waals surface area contributed by atoms with Gasteiger partial charge in [-0.05, 0) is 62.4 Å². The maximum atomic E-state index is 13.7. The van der Waals surface area contributed by atoms with Gasteiger partial charge in [0, 0.05) is 6.04 Å². The molecule has 2 heteroatoms. The Bertz CT molecular complexity index is 383. The van der Waals surface area contributed by atoms with Gasteiger partial charge in [0.15, 0.2) is 0 Å². The summed E-state index contributed by atoms with van der Waals surface area (Å²) in [6.07, 6.45) is 5.43. The topological polar surface area (TPSA) is 3.24 Å². The van der Waals surface area contributed by atoms with Gasteiger partial charge in [0.2, 0.25) is 0 Å². The average molecular weight is 249 g/mol.